The van der Waals surface area contributed by atoms with Crippen molar-refractivity contribution < 1.29 is 14.3 Å². The van der Waals surface area contributed by atoms with Crippen molar-refractivity contribution in [3.8, 4) is 11.8 Å². The van der Waals surface area contributed by atoms with Crippen molar-refractivity contribution in [2.45, 2.75) is 12.8 Å². The average Bonchev–Trinajstić information content (AvgIpc) is 3.07. The molecule has 2 amide bonds. The van der Waals surface area contributed by atoms with Crippen molar-refractivity contribution in [3.63, 3.8) is 0 Å². The largest absolute Gasteiger partial charge is 0.494 e. The van der Waals surface area contributed by atoms with E-state index >= 15 is 0 Å². The van der Waals surface area contributed by atoms with Crippen LogP contribution in [-0.4, -0.2) is 25.5 Å². The predicted molar refractivity (Wildman–Crippen MR) is 93.7 cm³/mol. The van der Waals surface area contributed by atoms with Gasteiger partial charge in [-0.25, -0.2) is 0 Å². The molecular formula is C19H17N3O3. The quantitative estimate of drug-likeness (QED) is 0.931. The van der Waals surface area contributed by atoms with Crippen molar-refractivity contribution >= 4 is 23.2 Å². The Morgan fingerprint density at radius 1 is 1.28 bits per heavy atom. The Balaban J connectivity index is 1.82. The van der Waals surface area contributed by atoms with Crippen LogP contribution < -0.4 is 15.0 Å². The maximum atomic E-state index is 12.3. The average molecular weight is 335 g/mol. The van der Waals surface area contributed by atoms with Gasteiger partial charge < -0.3 is 15.0 Å². The summed E-state index contributed by atoms with van der Waals surface area (Å²) in [5, 5.41) is 11.7. The van der Waals surface area contributed by atoms with E-state index in [1.807, 2.05) is 6.07 Å². The highest BCUT2D eigenvalue weighted by Gasteiger charge is 2.24. The molecule has 0 aliphatic carbocycles. The molecule has 1 aliphatic rings. The third-order valence-corrected chi connectivity index (χ3v) is 4.06. The zero-order valence-electron chi connectivity index (χ0n) is 13.8. The van der Waals surface area contributed by atoms with Crippen LogP contribution in [0.4, 0.5) is 11.4 Å². The maximum absolute atomic E-state index is 12.3. The first-order valence-electron chi connectivity index (χ1n) is 7.92. The second-order valence-corrected chi connectivity index (χ2v) is 5.68. The van der Waals surface area contributed by atoms with E-state index in [1.54, 1.807) is 41.3 Å². The lowest BCUT2D eigenvalue weighted by atomic mass is 10.1. The minimum atomic E-state index is -0.316. The second-order valence-electron chi connectivity index (χ2n) is 5.68. The molecule has 1 fully saturated rings. The topological polar surface area (TPSA) is 82.4 Å². The Hall–Kier alpha value is -3.33. The van der Waals surface area contributed by atoms with Crippen molar-refractivity contribution in [1.29, 1.82) is 5.26 Å². The van der Waals surface area contributed by atoms with Crippen LogP contribution in [-0.2, 0) is 4.79 Å². The minimum Gasteiger partial charge on any atom is -0.494 e. The van der Waals surface area contributed by atoms with Crippen LogP contribution in [0.2, 0.25) is 0 Å². The fraction of sp³-hybridized carbons (Fsp3) is 0.211. The van der Waals surface area contributed by atoms with Gasteiger partial charge in [0.25, 0.3) is 5.91 Å². The van der Waals surface area contributed by atoms with Gasteiger partial charge in [0, 0.05) is 30.3 Å². The summed E-state index contributed by atoms with van der Waals surface area (Å²) >= 11 is 0. The molecule has 2 aromatic rings. The van der Waals surface area contributed by atoms with Crippen LogP contribution in [0.3, 0.4) is 0 Å². The van der Waals surface area contributed by atoms with Crippen molar-refractivity contribution in [2.24, 2.45) is 0 Å². The summed E-state index contributed by atoms with van der Waals surface area (Å²) < 4.78 is 5.38. The van der Waals surface area contributed by atoms with Gasteiger partial charge in [0.1, 0.15) is 5.75 Å². The number of carbonyl (C=O) groups excluding carboxylic acids is 2. The molecule has 0 spiro atoms. The fourth-order valence-corrected chi connectivity index (χ4v) is 2.81. The first-order valence-corrected chi connectivity index (χ1v) is 7.92. The van der Waals surface area contributed by atoms with Gasteiger partial charge in [0.2, 0.25) is 5.91 Å². The van der Waals surface area contributed by atoms with Crippen molar-refractivity contribution in [3.05, 3.63) is 53.6 Å². The number of nitriles is 1. The Morgan fingerprint density at radius 3 is 2.80 bits per heavy atom. The summed E-state index contributed by atoms with van der Waals surface area (Å²) in [5.41, 5.74) is 2.08. The van der Waals surface area contributed by atoms with Gasteiger partial charge in [-0.15, -0.1) is 0 Å². The lowest BCUT2D eigenvalue weighted by Crippen LogP contribution is -2.24. The number of amides is 2. The van der Waals surface area contributed by atoms with E-state index in [0.717, 1.165) is 6.42 Å². The van der Waals surface area contributed by atoms with Crippen LogP contribution in [0.15, 0.2) is 42.5 Å². The van der Waals surface area contributed by atoms with Crippen LogP contribution >= 0.6 is 0 Å². The van der Waals surface area contributed by atoms with E-state index in [-0.39, 0.29) is 11.8 Å². The lowest BCUT2D eigenvalue weighted by molar-refractivity contribution is -0.117. The molecule has 0 aromatic heterocycles. The van der Waals surface area contributed by atoms with Crippen LogP contribution in [0.25, 0.3) is 0 Å². The van der Waals surface area contributed by atoms with Gasteiger partial charge in [-0.2, -0.15) is 5.26 Å². The summed E-state index contributed by atoms with van der Waals surface area (Å²) in [5.74, 6) is 0.284. The lowest BCUT2D eigenvalue weighted by Gasteiger charge is -2.19. The Bertz CT molecular complexity index is 870. The highest BCUT2D eigenvalue weighted by molar-refractivity contribution is 6.05. The first kappa shape index (κ1) is 16.5. The number of carbonyl (C=O) groups is 2. The monoisotopic (exact) mass is 335 g/mol. The fourth-order valence-electron chi connectivity index (χ4n) is 2.81. The van der Waals surface area contributed by atoms with E-state index in [0.29, 0.717) is 41.2 Å². The predicted octanol–water partition coefficient (Wildman–Crippen LogP) is 2.95. The molecule has 126 valence electrons. The molecule has 0 bridgehead atoms. The molecule has 2 aromatic carbocycles. The number of methoxy groups -OCH3 is 1. The number of benzene rings is 2. The number of nitrogens with zero attached hydrogens (tertiary/aromatic N) is 2. The second kappa shape index (κ2) is 7.05. The summed E-state index contributed by atoms with van der Waals surface area (Å²) in [7, 11) is 1.53. The van der Waals surface area contributed by atoms with Gasteiger partial charge in [0.05, 0.1) is 24.4 Å². The van der Waals surface area contributed by atoms with Crippen LogP contribution in [0, 0.1) is 11.3 Å². The number of ether oxygens (including phenoxy) is 1. The SMILES string of the molecule is COc1cc(NC(=O)c2cccc(C#N)c2)ccc1N1CCCC1=O. The van der Waals surface area contributed by atoms with E-state index in [2.05, 4.69) is 5.32 Å². The normalized spacial score (nSPS) is 13.4. The molecule has 6 nitrogen and oxygen atoms in total. The van der Waals surface area contributed by atoms with Crippen LogP contribution in [0.5, 0.6) is 5.75 Å². The number of hydrogen-bond acceptors (Lipinski definition) is 4. The summed E-state index contributed by atoms with van der Waals surface area (Å²) in [6, 6.07) is 13.7. The minimum absolute atomic E-state index is 0.0726. The number of hydrogen-bond donors (Lipinski definition) is 1. The molecule has 25 heavy (non-hydrogen) atoms. The zero-order valence-corrected chi connectivity index (χ0v) is 13.8. The summed E-state index contributed by atoms with van der Waals surface area (Å²) in [4.78, 5) is 26.0. The van der Waals surface area contributed by atoms with Gasteiger partial charge in [-0.3, -0.25) is 9.59 Å². The highest BCUT2D eigenvalue weighted by Crippen LogP contribution is 2.33. The van der Waals surface area contributed by atoms with Gasteiger partial charge in [-0.1, -0.05) is 6.07 Å². The van der Waals surface area contributed by atoms with Gasteiger partial charge in [0.15, 0.2) is 0 Å². The molecule has 1 aliphatic heterocycles. The molecule has 0 atom stereocenters. The molecule has 0 saturated carbocycles. The molecule has 1 saturated heterocycles. The Morgan fingerprint density at radius 2 is 2.12 bits per heavy atom. The van der Waals surface area contributed by atoms with Crippen LogP contribution in [0.1, 0.15) is 28.8 Å². The smallest absolute Gasteiger partial charge is 0.255 e. The van der Waals surface area contributed by atoms with Gasteiger partial charge >= 0.3 is 0 Å². The molecule has 3 rings (SSSR count). The Kier molecular flexibility index (Phi) is 4.66. The van der Waals surface area contributed by atoms with Crippen molar-refractivity contribution in [1.82, 2.24) is 0 Å². The van der Waals surface area contributed by atoms with Crippen molar-refractivity contribution in [2.75, 3.05) is 23.9 Å². The van der Waals surface area contributed by atoms with E-state index in [1.165, 1.54) is 13.2 Å². The maximum Gasteiger partial charge on any atom is 0.255 e. The first-order chi connectivity index (χ1) is 12.1. The molecular weight excluding hydrogens is 318 g/mol. The Labute approximate surface area is 145 Å². The third kappa shape index (κ3) is 3.45. The molecule has 0 unspecified atom stereocenters. The summed E-state index contributed by atoms with van der Waals surface area (Å²) in [6.07, 6.45) is 1.37. The van der Waals surface area contributed by atoms with E-state index < -0.39 is 0 Å². The zero-order chi connectivity index (χ0) is 17.8. The molecule has 6 heteroatoms. The number of anilines is 2. The third-order valence-electron chi connectivity index (χ3n) is 4.06. The van der Waals surface area contributed by atoms with E-state index in [4.69, 9.17) is 10.00 Å². The highest BCUT2D eigenvalue weighted by atomic mass is 16.5. The van der Waals surface area contributed by atoms with Gasteiger partial charge in [-0.05, 0) is 36.8 Å². The van der Waals surface area contributed by atoms with E-state index in [9.17, 15) is 9.59 Å². The molecule has 0 radical (unpaired) electrons. The number of nitrogens with one attached hydrogen (secondary N) is 1. The number of rotatable bonds is 4. The molecule has 1 N–H and O–H groups in total. The molecule has 1 heterocycles. The summed E-state index contributed by atoms with van der Waals surface area (Å²) in [6.45, 7) is 0.669. The standard InChI is InChI=1S/C19H17N3O3/c1-25-17-11-15(7-8-16(17)22-9-3-6-18(22)23)21-19(24)14-5-2-4-13(10-14)12-20/h2,4-5,7-8,10-11H,3,6,9H2,1H3,(H,21,24).